The molecule has 0 amide bonds. The first-order chi connectivity index (χ1) is 8.98. The number of nitrogens with zero attached hydrogens (tertiary/aromatic N) is 1. The fraction of sp³-hybridized carbons (Fsp3) is 0.588. The average Bonchev–Trinajstić information content (AvgIpc) is 2.37. The van der Waals surface area contributed by atoms with Crippen LogP contribution >= 0.6 is 0 Å². The summed E-state index contributed by atoms with van der Waals surface area (Å²) in [5.41, 5.74) is 2.79. The van der Waals surface area contributed by atoms with Crippen LogP contribution in [0, 0.1) is 0 Å². The summed E-state index contributed by atoms with van der Waals surface area (Å²) in [5.74, 6) is 0. The molecule has 0 N–H and O–H groups in total. The summed E-state index contributed by atoms with van der Waals surface area (Å²) in [6.07, 6.45) is 8.68. The zero-order valence-corrected chi connectivity index (χ0v) is 14.0. The van der Waals surface area contributed by atoms with Crippen LogP contribution in [0.2, 0.25) is 0 Å². The molecule has 0 bridgehead atoms. The summed E-state index contributed by atoms with van der Waals surface area (Å²) >= 11 is 3.24. The molecule has 19 heavy (non-hydrogen) atoms. The van der Waals surface area contributed by atoms with Gasteiger partial charge >= 0.3 is 125 Å². The van der Waals surface area contributed by atoms with Gasteiger partial charge in [0.15, 0.2) is 0 Å². The number of aliphatic imine (C=N–C) groups is 1. The zero-order chi connectivity index (χ0) is 13.9. The van der Waals surface area contributed by atoms with E-state index in [0.29, 0.717) is 6.04 Å². The Bertz CT molecular complexity index is 451. The van der Waals surface area contributed by atoms with Crippen molar-refractivity contribution < 1.29 is 0 Å². The van der Waals surface area contributed by atoms with Gasteiger partial charge in [0.1, 0.15) is 0 Å². The van der Waals surface area contributed by atoms with E-state index in [4.69, 9.17) is 4.99 Å². The Labute approximate surface area is 125 Å². The Morgan fingerprint density at radius 2 is 1.84 bits per heavy atom. The SMILES string of the molecule is CC(C)(C)c1cccc(C=NC2CCCCC2)c1[Se]. The molecule has 1 saturated carbocycles. The summed E-state index contributed by atoms with van der Waals surface area (Å²) in [5, 5.41) is 0. The minimum atomic E-state index is 0.176. The summed E-state index contributed by atoms with van der Waals surface area (Å²) < 4.78 is 1.26. The number of hydrogen-bond donors (Lipinski definition) is 0. The molecule has 1 fully saturated rings. The molecule has 0 unspecified atom stereocenters. The molecule has 1 aromatic rings. The molecule has 0 heterocycles. The Hall–Kier alpha value is -0.591. The topological polar surface area (TPSA) is 12.4 Å². The number of hydrogen-bond acceptors (Lipinski definition) is 1. The predicted octanol–water partition coefficient (Wildman–Crippen LogP) is 3.53. The van der Waals surface area contributed by atoms with E-state index >= 15 is 0 Å². The molecule has 0 aliphatic heterocycles. The van der Waals surface area contributed by atoms with Crippen LogP contribution in [0.5, 0.6) is 0 Å². The molecule has 0 saturated heterocycles. The van der Waals surface area contributed by atoms with Gasteiger partial charge in [-0.05, 0) is 0 Å². The maximum atomic E-state index is 4.79. The van der Waals surface area contributed by atoms with Crippen molar-refractivity contribution in [2.45, 2.75) is 64.3 Å². The number of benzene rings is 1. The van der Waals surface area contributed by atoms with Crippen LogP contribution in [0.4, 0.5) is 0 Å². The molecule has 1 aliphatic carbocycles. The van der Waals surface area contributed by atoms with Crippen LogP contribution in [0.25, 0.3) is 0 Å². The van der Waals surface area contributed by atoms with Gasteiger partial charge in [0.25, 0.3) is 0 Å². The second-order valence-electron chi connectivity index (χ2n) is 6.54. The van der Waals surface area contributed by atoms with E-state index in [1.165, 1.54) is 47.7 Å². The van der Waals surface area contributed by atoms with Gasteiger partial charge in [-0.2, -0.15) is 0 Å². The summed E-state index contributed by atoms with van der Waals surface area (Å²) in [6, 6.07) is 7.06. The monoisotopic (exact) mass is 322 g/mol. The second-order valence-corrected chi connectivity index (χ2v) is 7.40. The average molecular weight is 321 g/mol. The third-order valence-corrected chi connectivity index (χ3v) is 4.81. The Morgan fingerprint density at radius 1 is 1.16 bits per heavy atom. The van der Waals surface area contributed by atoms with E-state index in [0.717, 1.165) is 0 Å². The van der Waals surface area contributed by atoms with E-state index in [1.807, 2.05) is 0 Å². The minimum absolute atomic E-state index is 0.176. The van der Waals surface area contributed by atoms with Gasteiger partial charge in [-0.1, -0.05) is 0 Å². The molecular formula is C17H24NSe. The van der Waals surface area contributed by atoms with Crippen LogP contribution in [0.3, 0.4) is 0 Å². The predicted molar refractivity (Wildman–Crippen MR) is 85.0 cm³/mol. The van der Waals surface area contributed by atoms with Crippen molar-refractivity contribution in [2.75, 3.05) is 0 Å². The van der Waals surface area contributed by atoms with Gasteiger partial charge in [0.05, 0.1) is 0 Å². The fourth-order valence-corrected chi connectivity index (χ4v) is 3.70. The van der Waals surface area contributed by atoms with Crippen LogP contribution < -0.4 is 4.46 Å². The molecule has 0 atom stereocenters. The molecule has 2 heteroatoms. The summed E-state index contributed by atoms with van der Waals surface area (Å²) in [4.78, 5) is 4.79. The molecular weight excluding hydrogens is 297 g/mol. The van der Waals surface area contributed by atoms with E-state index in [2.05, 4.69) is 61.2 Å². The summed E-state index contributed by atoms with van der Waals surface area (Å²) in [7, 11) is 0. The Kier molecular flexibility index (Phi) is 4.86. The van der Waals surface area contributed by atoms with Gasteiger partial charge in [-0.15, -0.1) is 0 Å². The van der Waals surface area contributed by atoms with Crippen molar-refractivity contribution in [3.63, 3.8) is 0 Å². The molecule has 103 valence electrons. The van der Waals surface area contributed by atoms with Crippen molar-refractivity contribution >= 4 is 26.7 Å². The Morgan fingerprint density at radius 3 is 2.47 bits per heavy atom. The fourth-order valence-electron chi connectivity index (χ4n) is 2.66. The first-order valence-corrected chi connectivity index (χ1v) is 8.18. The van der Waals surface area contributed by atoms with Gasteiger partial charge in [-0.3, -0.25) is 0 Å². The van der Waals surface area contributed by atoms with Crippen molar-refractivity contribution in [3.05, 3.63) is 29.3 Å². The van der Waals surface area contributed by atoms with E-state index in [9.17, 15) is 0 Å². The van der Waals surface area contributed by atoms with Crippen molar-refractivity contribution in [2.24, 2.45) is 4.99 Å². The van der Waals surface area contributed by atoms with Gasteiger partial charge < -0.3 is 0 Å². The van der Waals surface area contributed by atoms with Crippen molar-refractivity contribution in [3.8, 4) is 0 Å². The zero-order valence-electron chi connectivity index (χ0n) is 12.3. The maximum absolute atomic E-state index is 4.79. The first-order valence-electron chi connectivity index (χ1n) is 7.32. The van der Waals surface area contributed by atoms with E-state index in [-0.39, 0.29) is 5.41 Å². The van der Waals surface area contributed by atoms with Crippen LogP contribution in [-0.2, 0) is 5.41 Å². The van der Waals surface area contributed by atoms with Crippen molar-refractivity contribution in [1.82, 2.24) is 0 Å². The molecule has 1 aliphatic rings. The third-order valence-electron chi connectivity index (χ3n) is 3.85. The van der Waals surface area contributed by atoms with E-state index < -0.39 is 0 Å². The second kappa shape index (κ2) is 6.24. The normalized spacial score (nSPS) is 18.1. The van der Waals surface area contributed by atoms with Crippen LogP contribution in [0.1, 0.15) is 64.0 Å². The molecule has 2 rings (SSSR count). The quantitative estimate of drug-likeness (QED) is 0.584. The van der Waals surface area contributed by atoms with Gasteiger partial charge in [0.2, 0.25) is 0 Å². The standard InChI is InChI=1S/C17H24NSe/c1-17(2,3)15-11-7-8-13(16(15)19)12-18-14-9-5-4-6-10-14/h7-8,11-12,14H,4-6,9-10H2,1-3H3. The molecule has 0 spiro atoms. The van der Waals surface area contributed by atoms with E-state index in [1.54, 1.807) is 0 Å². The summed E-state index contributed by atoms with van der Waals surface area (Å²) in [6.45, 7) is 6.77. The third kappa shape index (κ3) is 3.94. The van der Waals surface area contributed by atoms with Crippen LogP contribution in [-0.4, -0.2) is 28.3 Å². The number of rotatable bonds is 2. The van der Waals surface area contributed by atoms with Gasteiger partial charge in [0, 0.05) is 0 Å². The molecule has 1 aromatic carbocycles. The first kappa shape index (κ1) is 14.8. The molecule has 1 radical (unpaired) electrons. The Balaban J connectivity index is 2.18. The van der Waals surface area contributed by atoms with Crippen molar-refractivity contribution in [1.29, 1.82) is 0 Å². The molecule has 0 aromatic heterocycles. The van der Waals surface area contributed by atoms with Crippen LogP contribution in [0.15, 0.2) is 23.2 Å². The van der Waals surface area contributed by atoms with Gasteiger partial charge in [-0.25, -0.2) is 0 Å². The molecule has 1 nitrogen and oxygen atoms in total.